The van der Waals surface area contributed by atoms with Crippen LogP contribution in [0.3, 0.4) is 0 Å². The fourth-order valence-corrected chi connectivity index (χ4v) is 2.69. The minimum absolute atomic E-state index is 0.00920. The standard InChI is InChI=1S/C15H13N4O6/c1-3-19-8-5-6(13(21)22)4-7(14(23)24)9(8)16-10-11(19)17-15(25)18(2)12(10)20/h4-5,16H,3H2,1-2H3,(H,21,22)(H,23,24)/p-1. The fourth-order valence-electron chi connectivity index (χ4n) is 2.69. The maximum Gasteiger partial charge on any atom is 0.351 e. The molecule has 2 N–H and O–H groups in total. The highest BCUT2D eigenvalue weighted by atomic mass is 16.4. The van der Waals surface area contributed by atoms with Crippen LogP contribution in [0, 0.1) is 6.04 Å². The van der Waals surface area contributed by atoms with Gasteiger partial charge in [-0.25, -0.2) is 9.59 Å². The first-order valence-electron chi connectivity index (χ1n) is 7.21. The van der Waals surface area contributed by atoms with Crippen molar-refractivity contribution in [1.82, 2.24) is 4.90 Å². The molecule has 0 spiro atoms. The number of nitrogens with zero attached hydrogens (tertiary/aromatic N) is 3. The second-order valence-corrected chi connectivity index (χ2v) is 5.34. The molecule has 1 aromatic rings. The van der Waals surface area contributed by atoms with Crippen molar-refractivity contribution in [3.63, 3.8) is 0 Å². The van der Waals surface area contributed by atoms with E-state index in [1.807, 2.05) is 0 Å². The van der Waals surface area contributed by atoms with Gasteiger partial charge in [0.1, 0.15) is 0 Å². The number of aliphatic imine (C=N–C) groups is 1. The van der Waals surface area contributed by atoms with Crippen LogP contribution in [-0.4, -0.2) is 53.3 Å². The highest BCUT2D eigenvalue weighted by molar-refractivity contribution is 6.33. The molecular formula is C15H12N4O6-. The summed E-state index contributed by atoms with van der Waals surface area (Å²) in [6, 6.07) is 1.32. The van der Waals surface area contributed by atoms with Gasteiger partial charge < -0.3 is 25.2 Å². The van der Waals surface area contributed by atoms with E-state index in [1.54, 1.807) is 6.92 Å². The maximum absolute atomic E-state index is 12.3. The van der Waals surface area contributed by atoms with Gasteiger partial charge >= 0.3 is 12.0 Å². The molecule has 0 saturated heterocycles. The number of amidine groups is 1. The summed E-state index contributed by atoms with van der Waals surface area (Å²) in [5.41, 5.74) is -0.460. The van der Waals surface area contributed by atoms with Crippen molar-refractivity contribution >= 4 is 41.1 Å². The zero-order valence-corrected chi connectivity index (χ0v) is 13.2. The first-order chi connectivity index (χ1) is 11.8. The number of hydrogen-bond donors (Lipinski definition) is 2. The van der Waals surface area contributed by atoms with E-state index in [0.29, 0.717) is 0 Å². The Morgan fingerprint density at radius 3 is 2.56 bits per heavy atom. The molecule has 0 unspecified atom stereocenters. The number of carbonyl (C=O) groups excluding carboxylic acids is 3. The van der Waals surface area contributed by atoms with Crippen molar-refractivity contribution in [2.75, 3.05) is 23.8 Å². The van der Waals surface area contributed by atoms with E-state index in [2.05, 4.69) is 10.3 Å². The minimum atomic E-state index is -1.55. The van der Waals surface area contributed by atoms with Crippen LogP contribution < -0.4 is 15.3 Å². The predicted molar refractivity (Wildman–Crippen MR) is 83.2 cm³/mol. The highest BCUT2D eigenvalue weighted by Crippen LogP contribution is 2.39. The topological polar surface area (TPSA) is 142 Å². The number of likely N-dealkylation sites (N-methyl/N-ethyl adjacent to an activating group) is 2. The SMILES string of the molecule is CCN1C2=NC(=O)N(C)C(=O)[C]2Nc2c(C(=O)O)cc(C(=O)[O-])cc21. The third-order valence-corrected chi connectivity index (χ3v) is 3.93. The zero-order chi connectivity index (χ0) is 18.5. The normalized spacial score (nSPS) is 16.8. The van der Waals surface area contributed by atoms with Crippen LogP contribution in [0.1, 0.15) is 27.6 Å². The van der Waals surface area contributed by atoms with E-state index in [4.69, 9.17) is 0 Å². The number of carboxylic acid groups (broad SMARTS) is 2. The monoisotopic (exact) mass is 344 g/mol. The molecule has 1 aromatic carbocycles. The van der Waals surface area contributed by atoms with Crippen LogP contribution in [0.5, 0.6) is 0 Å². The number of carboxylic acids is 2. The molecule has 10 nitrogen and oxygen atoms in total. The van der Waals surface area contributed by atoms with Gasteiger partial charge in [-0.3, -0.25) is 9.69 Å². The molecule has 0 bridgehead atoms. The Kier molecular flexibility index (Phi) is 3.67. The van der Waals surface area contributed by atoms with Gasteiger partial charge in [0.15, 0.2) is 5.84 Å². The Morgan fingerprint density at radius 1 is 1.32 bits per heavy atom. The lowest BCUT2D eigenvalue weighted by Crippen LogP contribution is -2.54. The highest BCUT2D eigenvalue weighted by Gasteiger charge is 2.44. The number of urea groups is 1. The van der Waals surface area contributed by atoms with Crippen molar-refractivity contribution in [1.29, 1.82) is 0 Å². The van der Waals surface area contributed by atoms with Crippen molar-refractivity contribution in [2.24, 2.45) is 4.99 Å². The molecule has 10 heteroatoms. The third kappa shape index (κ3) is 2.38. The molecule has 0 aliphatic carbocycles. The Labute approximate surface area is 141 Å². The zero-order valence-electron chi connectivity index (χ0n) is 13.2. The lowest BCUT2D eigenvalue weighted by molar-refractivity contribution is -0.255. The molecule has 2 aliphatic rings. The Balaban J connectivity index is 2.27. The molecule has 0 fully saturated rings. The number of aromatic carboxylic acids is 2. The second kappa shape index (κ2) is 5.58. The quantitative estimate of drug-likeness (QED) is 0.749. The van der Waals surface area contributed by atoms with Crippen molar-refractivity contribution in [2.45, 2.75) is 6.92 Å². The van der Waals surface area contributed by atoms with Crippen LogP contribution in [-0.2, 0) is 4.79 Å². The molecule has 1 radical (unpaired) electrons. The predicted octanol–water partition coefficient (Wildman–Crippen LogP) is -0.477. The van der Waals surface area contributed by atoms with Gasteiger partial charge in [-0.1, -0.05) is 0 Å². The summed E-state index contributed by atoms with van der Waals surface area (Å²) in [4.78, 5) is 52.9. The number of fused-ring (bicyclic) bond motifs is 2. The molecule has 2 aliphatic heterocycles. The number of hydrogen-bond acceptors (Lipinski definition) is 7. The van der Waals surface area contributed by atoms with Crippen LogP contribution in [0.15, 0.2) is 17.1 Å². The molecule has 3 amide bonds. The first-order valence-corrected chi connectivity index (χ1v) is 7.21. The number of anilines is 2. The van der Waals surface area contributed by atoms with Gasteiger partial charge in [-0.05, 0) is 19.1 Å². The van der Waals surface area contributed by atoms with E-state index in [1.165, 1.54) is 18.0 Å². The van der Waals surface area contributed by atoms with E-state index in [-0.39, 0.29) is 40.9 Å². The minimum Gasteiger partial charge on any atom is -0.545 e. The summed E-state index contributed by atoms with van der Waals surface area (Å²) in [7, 11) is 1.25. The van der Waals surface area contributed by atoms with Crippen LogP contribution in [0.4, 0.5) is 16.2 Å². The van der Waals surface area contributed by atoms with Gasteiger partial charge in [0.2, 0.25) is 6.04 Å². The molecule has 0 aromatic heterocycles. The smallest absolute Gasteiger partial charge is 0.351 e. The summed E-state index contributed by atoms with van der Waals surface area (Å²) >= 11 is 0. The molecule has 0 saturated carbocycles. The van der Waals surface area contributed by atoms with Crippen molar-refractivity contribution < 1.29 is 29.4 Å². The van der Waals surface area contributed by atoms with Gasteiger partial charge in [-0.15, -0.1) is 0 Å². The van der Waals surface area contributed by atoms with Crippen LogP contribution >= 0.6 is 0 Å². The van der Waals surface area contributed by atoms with Crippen LogP contribution in [0.2, 0.25) is 0 Å². The van der Waals surface area contributed by atoms with Crippen molar-refractivity contribution in [3.8, 4) is 0 Å². The van der Waals surface area contributed by atoms with Crippen LogP contribution in [0.25, 0.3) is 0 Å². The molecule has 25 heavy (non-hydrogen) atoms. The van der Waals surface area contributed by atoms with E-state index in [0.717, 1.165) is 11.0 Å². The summed E-state index contributed by atoms with van der Waals surface area (Å²) < 4.78 is 0. The molecular weight excluding hydrogens is 332 g/mol. The van der Waals surface area contributed by atoms with Gasteiger partial charge in [0.25, 0.3) is 5.91 Å². The first kappa shape index (κ1) is 16.4. The molecule has 2 heterocycles. The van der Waals surface area contributed by atoms with E-state index >= 15 is 0 Å². The Hall–Kier alpha value is -3.43. The largest absolute Gasteiger partial charge is 0.545 e. The van der Waals surface area contributed by atoms with Gasteiger partial charge in [0, 0.05) is 19.2 Å². The average molecular weight is 344 g/mol. The Bertz CT molecular complexity index is 862. The summed E-state index contributed by atoms with van der Waals surface area (Å²) in [5, 5.41) is 23.3. The lowest BCUT2D eigenvalue weighted by Gasteiger charge is -2.39. The maximum atomic E-state index is 12.3. The van der Waals surface area contributed by atoms with Gasteiger partial charge in [-0.2, -0.15) is 4.99 Å². The number of amides is 3. The molecule has 3 rings (SSSR count). The third-order valence-electron chi connectivity index (χ3n) is 3.93. The fraction of sp³-hybridized carbons (Fsp3) is 0.200. The number of benzene rings is 1. The number of nitrogens with one attached hydrogen (secondary N) is 1. The number of imide groups is 1. The number of rotatable bonds is 3. The summed E-state index contributed by atoms with van der Waals surface area (Å²) in [6.07, 6.45) is 0. The van der Waals surface area contributed by atoms with E-state index < -0.39 is 23.9 Å². The molecule has 0 atom stereocenters. The lowest BCUT2D eigenvalue weighted by atomic mass is 9.99. The summed E-state index contributed by atoms with van der Waals surface area (Å²) in [5.74, 6) is -3.58. The summed E-state index contributed by atoms with van der Waals surface area (Å²) in [6.45, 7) is 1.91. The molecule has 129 valence electrons. The Morgan fingerprint density at radius 2 is 2.00 bits per heavy atom. The van der Waals surface area contributed by atoms with E-state index in [9.17, 15) is 29.4 Å². The average Bonchev–Trinajstić information content (AvgIpc) is 2.57. The van der Waals surface area contributed by atoms with Gasteiger partial charge in [0.05, 0.1) is 22.9 Å². The van der Waals surface area contributed by atoms with Crippen molar-refractivity contribution in [3.05, 3.63) is 29.3 Å². The number of carbonyl (C=O) groups is 4. The second-order valence-electron chi connectivity index (χ2n) is 5.34.